The first kappa shape index (κ1) is 13.0. The van der Waals surface area contributed by atoms with E-state index in [1.807, 2.05) is 0 Å². The smallest absolute Gasteiger partial charge is 0.323 e. The second-order valence-corrected chi connectivity index (χ2v) is 4.81. The lowest BCUT2D eigenvalue weighted by Gasteiger charge is -2.09. The van der Waals surface area contributed by atoms with Crippen LogP contribution in [-0.2, 0) is 0 Å². The third-order valence-electron chi connectivity index (χ3n) is 3.39. The highest BCUT2D eigenvalue weighted by Crippen LogP contribution is 2.19. The number of aromatic nitrogens is 2. The Kier molecular flexibility index (Phi) is 2.98. The maximum Gasteiger partial charge on any atom is 0.323 e. The second-order valence-electron chi connectivity index (χ2n) is 4.81. The van der Waals surface area contributed by atoms with Gasteiger partial charge in [0.1, 0.15) is 0 Å². The van der Waals surface area contributed by atoms with Gasteiger partial charge in [-0.2, -0.15) is 0 Å². The number of amides is 1. The number of carbonyl (C=O) groups excluding carboxylic acids is 1. The van der Waals surface area contributed by atoms with E-state index in [1.165, 1.54) is 0 Å². The highest BCUT2D eigenvalue weighted by atomic mass is 16.2. The van der Waals surface area contributed by atoms with Crippen LogP contribution in [0.3, 0.4) is 0 Å². The van der Waals surface area contributed by atoms with E-state index in [0.717, 1.165) is 5.56 Å². The van der Waals surface area contributed by atoms with Gasteiger partial charge in [-0.05, 0) is 42.8 Å². The van der Waals surface area contributed by atoms with Gasteiger partial charge in [-0.1, -0.05) is 6.07 Å². The van der Waals surface area contributed by atoms with E-state index in [1.54, 1.807) is 43.3 Å². The van der Waals surface area contributed by atoms with Crippen LogP contribution in [-0.4, -0.2) is 15.9 Å². The van der Waals surface area contributed by atoms with Crippen molar-refractivity contribution in [2.75, 3.05) is 11.1 Å². The van der Waals surface area contributed by atoms with Crippen molar-refractivity contribution < 1.29 is 4.79 Å². The summed E-state index contributed by atoms with van der Waals surface area (Å²) in [6.45, 7) is 1.80. The molecule has 0 unspecified atom stereocenters. The number of anilines is 2. The summed E-state index contributed by atoms with van der Waals surface area (Å²) in [6.07, 6.45) is 0. The number of fused-ring (bicyclic) bond motifs is 1. The molecule has 0 radical (unpaired) electrons. The van der Waals surface area contributed by atoms with E-state index in [2.05, 4.69) is 15.3 Å². The van der Waals surface area contributed by atoms with Gasteiger partial charge >= 0.3 is 5.69 Å². The van der Waals surface area contributed by atoms with Crippen molar-refractivity contribution in [1.29, 1.82) is 0 Å². The summed E-state index contributed by atoms with van der Waals surface area (Å²) in [7, 11) is 0. The molecule has 6 nitrogen and oxygen atoms in total. The molecular formula is C15H14N4O2. The first-order valence-electron chi connectivity index (χ1n) is 6.43. The molecule has 21 heavy (non-hydrogen) atoms. The van der Waals surface area contributed by atoms with Gasteiger partial charge in [-0.25, -0.2) is 4.79 Å². The van der Waals surface area contributed by atoms with E-state index in [9.17, 15) is 9.59 Å². The predicted octanol–water partition coefficient (Wildman–Crippen LogP) is 2.00. The lowest BCUT2D eigenvalue weighted by atomic mass is 10.1. The molecule has 3 aromatic rings. The highest BCUT2D eigenvalue weighted by molar-refractivity contribution is 6.06. The molecule has 0 saturated carbocycles. The van der Waals surface area contributed by atoms with Gasteiger partial charge in [-0.3, -0.25) is 4.79 Å². The van der Waals surface area contributed by atoms with Crippen LogP contribution >= 0.6 is 0 Å². The predicted molar refractivity (Wildman–Crippen MR) is 82.5 cm³/mol. The van der Waals surface area contributed by atoms with Crippen LogP contribution in [0.1, 0.15) is 15.9 Å². The summed E-state index contributed by atoms with van der Waals surface area (Å²) in [5, 5.41) is 2.80. The Bertz CT molecular complexity index is 892. The number of benzene rings is 2. The molecule has 2 aromatic carbocycles. The molecule has 0 atom stereocenters. The molecule has 3 rings (SSSR count). The van der Waals surface area contributed by atoms with Gasteiger partial charge in [0.15, 0.2) is 0 Å². The van der Waals surface area contributed by atoms with Crippen molar-refractivity contribution in [2.24, 2.45) is 0 Å². The van der Waals surface area contributed by atoms with Gasteiger partial charge in [-0.15, -0.1) is 0 Å². The third kappa shape index (κ3) is 2.38. The molecule has 0 aliphatic heterocycles. The normalized spacial score (nSPS) is 10.7. The Morgan fingerprint density at radius 3 is 2.71 bits per heavy atom. The van der Waals surface area contributed by atoms with Crippen LogP contribution in [0.25, 0.3) is 11.0 Å². The Balaban J connectivity index is 1.92. The molecule has 0 aliphatic carbocycles. The molecule has 0 saturated heterocycles. The van der Waals surface area contributed by atoms with Gasteiger partial charge in [0.2, 0.25) is 0 Å². The molecule has 106 valence electrons. The summed E-state index contributed by atoms with van der Waals surface area (Å²) in [5.74, 6) is -0.239. The third-order valence-corrected chi connectivity index (χ3v) is 3.39. The molecule has 1 aromatic heterocycles. The van der Waals surface area contributed by atoms with Crippen LogP contribution in [0.5, 0.6) is 0 Å². The van der Waals surface area contributed by atoms with Gasteiger partial charge in [0.25, 0.3) is 5.91 Å². The number of nitrogens with two attached hydrogens (primary N) is 1. The quantitative estimate of drug-likeness (QED) is 0.540. The standard InChI is InChI=1S/C15H14N4O2/c1-8-10(3-2-4-11(8)16)14(20)17-9-5-6-12-13(7-9)19-15(21)18-12/h2-7H,16H2,1H3,(H,17,20)(H2,18,19,21). The average molecular weight is 282 g/mol. The fraction of sp³-hybridized carbons (Fsp3) is 0.0667. The summed E-state index contributed by atoms with van der Waals surface area (Å²) in [5.41, 5.74) is 9.31. The van der Waals surface area contributed by atoms with Crippen molar-refractivity contribution in [2.45, 2.75) is 6.92 Å². The molecule has 0 bridgehead atoms. The molecule has 5 N–H and O–H groups in total. The number of imidazole rings is 1. The maximum atomic E-state index is 12.3. The Hall–Kier alpha value is -3.02. The van der Waals surface area contributed by atoms with Crippen molar-refractivity contribution >= 4 is 28.3 Å². The van der Waals surface area contributed by atoms with Crippen LogP contribution in [0, 0.1) is 6.92 Å². The first-order valence-corrected chi connectivity index (χ1v) is 6.43. The van der Waals surface area contributed by atoms with Crippen molar-refractivity contribution in [1.82, 2.24) is 9.97 Å². The minimum Gasteiger partial charge on any atom is -0.398 e. The minimum atomic E-state index is -0.278. The largest absolute Gasteiger partial charge is 0.398 e. The lowest BCUT2D eigenvalue weighted by molar-refractivity contribution is 0.102. The van der Waals surface area contributed by atoms with E-state index in [-0.39, 0.29) is 11.6 Å². The summed E-state index contributed by atoms with van der Waals surface area (Å²) in [6, 6.07) is 10.4. The number of nitrogen functional groups attached to an aromatic ring is 1. The molecule has 1 heterocycles. The van der Waals surface area contributed by atoms with E-state index < -0.39 is 0 Å². The number of aromatic amines is 2. The van der Waals surface area contributed by atoms with Crippen molar-refractivity contribution in [3.8, 4) is 0 Å². The van der Waals surface area contributed by atoms with Crippen LogP contribution in [0.4, 0.5) is 11.4 Å². The molecule has 6 heteroatoms. The second kappa shape index (κ2) is 4.82. The maximum absolute atomic E-state index is 12.3. The Morgan fingerprint density at radius 2 is 1.90 bits per heavy atom. The molecule has 0 spiro atoms. The topological polar surface area (TPSA) is 104 Å². The molecular weight excluding hydrogens is 268 g/mol. The highest BCUT2D eigenvalue weighted by Gasteiger charge is 2.11. The average Bonchev–Trinajstić information content (AvgIpc) is 2.81. The number of hydrogen-bond acceptors (Lipinski definition) is 3. The molecule has 1 amide bonds. The van der Waals surface area contributed by atoms with Crippen molar-refractivity contribution in [3.63, 3.8) is 0 Å². The Morgan fingerprint density at radius 1 is 1.14 bits per heavy atom. The van der Waals surface area contributed by atoms with E-state index >= 15 is 0 Å². The van der Waals surface area contributed by atoms with E-state index in [4.69, 9.17) is 5.73 Å². The zero-order valence-electron chi connectivity index (χ0n) is 11.4. The SMILES string of the molecule is Cc1c(N)cccc1C(=O)Nc1ccc2[nH]c(=O)[nH]c2c1. The number of hydrogen-bond donors (Lipinski definition) is 4. The zero-order chi connectivity index (χ0) is 15.0. The Labute approximate surface area is 120 Å². The first-order chi connectivity index (χ1) is 10.0. The van der Waals surface area contributed by atoms with E-state index in [0.29, 0.717) is 28.0 Å². The lowest BCUT2D eigenvalue weighted by Crippen LogP contribution is -2.14. The molecule has 0 fully saturated rings. The molecule has 0 aliphatic rings. The van der Waals surface area contributed by atoms with Crippen LogP contribution < -0.4 is 16.7 Å². The number of carbonyl (C=O) groups is 1. The number of rotatable bonds is 2. The van der Waals surface area contributed by atoms with Gasteiger partial charge in [0, 0.05) is 16.9 Å². The van der Waals surface area contributed by atoms with Gasteiger partial charge in [0.05, 0.1) is 11.0 Å². The monoisotopic (exact) mass is 282 g/mol. The van der Waals surface area contributed by atoms with Crippen LogP contribution in [0.15, 0.2) is 41.2 Å². The zero-order valence-corrected chi connectivity index (χ0v) is 11.4. The van der Waals surface area contributed by atoms with Crippen molar-refractivity contribution in [3.05, 3.63) is 58.0 Å². The number of nitrogens with one attached hydrogen (secondary N) is 3. The van der Waals surface area contributed by atoms with Crippen LogP contribution in [0.2, 0.25) is 0 Å². The fourth-order valence-corrected chi connectivity index (χ4v) is 2.21. The summed E-state index contributed by atoms with van der Waals surface area (Å²) >= 11 is 0. The summed E-state index contributed by atoms with van der Waals surface area (Å²) < 4.78 is 0. The summed E-state index contributed by atoms with van der Waals surface area (Å²) in [4.78, 5) is 28.8. The van der Waals surface area contributed by atoms with Gasteiger partial charge < -0.3 is 21.0 Å². The fourth-order valence-electron chi connectivity index (χ4n) is 2.21. The minimum absolute atomic E-state index is 0.239. The number of H-pyrrole nitrogens is 2.